The van der Waals surface area contributed by atoms with E-state index in [1.54, 1.807) is 0 Å². The molecular weight excluding hydrogens is 245 g/mol. The number of nitrogens with one attached hydrogen (secondary N) is 1. The molecule has 0 bridgehead atoms. The normalized spacial score (nSPS) is 14.1. The molecule has 1 aromatic rings. The average molecular weight is 251 g/mol. The molecule has 0 atom stereocenters. The van der Waals surface area contributed by atoms with Gasteiger partial charge in [0, 0.05) is 0 Å². The van der Waals surface area contributed by atoms with Crippen LogP contribution in [0.3, 0.4) is 0 Å². The minimum atomic E-state index is -4.36. The second-order valence-corrected chi connectivity index (χ2v) is 4.39. The molecule has 1 heterocycles. The molecule has 6 nitrogen and oxygen atoms in total. The third-order valence-electron chi connectivity index (χ3n) is 1.99. The molecule has 1 aliphatic heterocycles. The van der Waals surface area contributed by atoms with Gasteiger partial charge < -0.3 is 5.32 Å². The Hall–Kier alpha value is -0.730. The topological polar surface area (TPSA) is 101 Å². The van der Waals surface area contributed by atoms with Crippen LogP contribution >= 0.6 is 0 Å². The van der Waals surface area contributed by atoms with Crippen molar-refractivity contribution >= 4 is 57.1 Å². The van der Waals surface area contributed by atoms with E-state index in [9.17, 15) is 18.0 Å². The molecule has 1 aliphatic rings. The predicted octanol–water partition coefficient (Wildman–Crippen LogP) is -0.580. The zero-order valence-electron chi connectivity index (χ0n) is 7.22. The molecule has 8 heteroatoms. The predicted molar refractivity (Wildman–Crippen MR) is 56.4 cm³/mol. The van der Waals surface area contributed by atoms with Crippen molar-refractivity contribution < 1.29 is 22.6 Å². The Morgan fingerprint density at radius 1 is 1.19 bits per heavy atom. The molecule has 0 fully saturated rings. The van der Waals surface area contributed by atoms with Gasteiger partial charge in [-0.05, 0) is 18.2 Å². The number of hydrogen-bond donors (Lipinski definition) is 2. The van der Waals surface area contributed by atoms with Gasteiger partial charge in [-0.2, -0.15) is 8.42 Å². The van der Waals surface area contributed by atoms with E-state index < -0.39 is 26.7 Å². The number of rotatable bonds is 1. The van der Waals surface area contributed by atoms with Crippen LogP contribution < -0.4 is 5.32 Å². The van der Waals surface area contributed by atoms with E-state index in [1.807, 2.05) is 0 Å². The van der Waals surface area contributed by atoms with Gasteiger partial charge in [-0.25, -0.2) is 0 Å². The fraction of sp³-hybridized carbons (Fsp3) is 0. The summed E-state index contributed by atoms with van der Waals surface area (Å²) in [5.74, 6) is -1.62. The summed E-state index contributed by atoms with van der Waals surface area (Å²) < 4.78 is 30.2. The number of ketones is 1. The molecule has 0 aromatic heterocycles. The molecule has 2 N–H and O–H groups in total. The first kappa shape index (κ1) is 13.3. The summed E-state index contributed by atoms with van der Waals surface area (Å²) in [4.78, 5) is 21.7. The number of fused-ring (bicyclic) bond motifs is 1. The molecule has 0 saturated carbocycles. The van der Waals surface area contributed by atoms with Crippen LogP contribution in [-0.4, -0.2) is 54.2 Å². The number of amides is 1. The zero-order chi connectivity index (χ0) is 11.2. The molecule has 0 spiro atoms. The molecule has 16 heavy (non-hydrogen) atoms. The molecular formula is C8H6NNaO5S. The van der Waals surface area contributed by atoms with Gasteiger partial charge in [0.15, 0.2) is 0 Å². The number of Topliss-reactive ketones (excluding diaryl/α,β-unsaturated/α-hetero) is 1. The van der Waals surface area contributed by atoms with Crippen molar-refractivity contribution in [1.82, 2.24) is 0 Å². The Bertz CT molecular complexity index is 580. The van der Waals surface area contributed by atoms with Crippen LogP contribution in [0.15, 0.2) is 23.1 Å². The van der Waals surface area contributed by atoms with Crippen LogP contribution in [0.25, 0.3) is 0 Å². The molecule has 80 valence electrons. The van der Waals surface area contributed by atoms with Crippen molar-refractivity contribution in [2.45, 2.75) is 4.90 Å². The third-order valence-corrected chi connectivity index (χ3v) is 2.84. The Kier molecular flexibility index (Phi) is 3.56. The maximum absolute atomic E-state index is 11.2. The van der Waals surface area contributed by atoms with E-state index in [4.69, 9.17) is 4.55 Å². The number of benzene rings is 1. The minimum absolute atomic E-state index is 0. The van der Waals surface area contributed by atoms with E-state index in [2.05, 4.69) is 5.32 Å². The van der Waals surface area contributed by atoms with Gasteiger partial charge in [-0.1, -0.05) is 0 Å². The van der Waals surface area contributed by atoms with Crippen molar-refractivity contribution in [3.8, 4) is 0 Å². The molecule has 0 unspecified atom stereocenters. The SMILES string of the molecule is O=C1Nc2ccc(S(=O)(=O)O)cc2C1=O.[NaH]. The van der Waals surface area contributed by atoms with Gasteiger partial charge in [0.05, 0.1) is 16.1 Å². The zero-order valence-corrected chi connectivity index (χ0v) is 8.04. The van der Waals surface area contributed by atoms with E-state index in [1.165, 1.54) is 6.07 Å². The Labute approximate surface area is 113 Å². The summed E-state index contributed by atoms with van der Waals surface area (Å²) in [6.45, 7) is 0. The van der Waals surface area contributed by atoms with Crippen LogP contribution in [0, 0.1) is 0 Å². The van der Waals surface area contributed by atoms with Gasteiger partial charge in [0.2, 0.25) is 0 Å². The summed E-state index contributed by atoms with van der Waals surface area (Å²) in [6.07, 6.45) is 0. The van der Waals surface area contributed by atoms with E-state index in [0.717, 1.165) is 12.1 Å². The first-order chi connectivity index (χ1) is 6.89. The quantitative estimate of drug-likeness (QED) is 0.395. The number of carbonyl (C=O) groups is 2. The summed E-state index contributed by atoms with van der Waals surface area (Å²) in [7, 11) is -4.36. The Morgan fingerprint density at radius 2 is 1.81 bits per heavy atom. The van der Waals surface area contributed by atoms with Crippen molar-refractivity contribution in [2.24, 2.45) is 0 Å². The van der Waals surface area contributed by atoms with Gasteiger partial charge in [-0.3, -0.25) is 14.1 Å². The summed E-state index contributed by atoms with van der Waals surface area (Å²) in [5.41, 5.74) is 0.201. The number of anilines is 1. The van der Waals surface area contributed by atoms with Crippen molar-refractivity contribution in [1.29, 1.82) is 0 Å². The number of carbonyl (C=O) groups excluding carboxylic acids is 2. The van der Waals surface area contributed by atoms with Crippen LogP contribution in [0.5, 0.6) is 0 Å². The third kappa shape index (κ3) is 2.18. The standard InChI is InChI=1S/C8H5NO5S.Na.H/c10-7-5-3-4(15(12,13)14)1-2-6(5)9-8(7)11;;/h1-3H,(H,9,10,11)(H,12,13,14);;. The van der Waals surface area contributed by atoms with Crippen LogP contribution in [-0.2, 0) is 14.9 Å². The summed E-state index contributed by atoms with van der Waals surface area (Å²) in [5, 5.41) is 2.26. The van der Waals surface area contributed by atoms with E-state index in [-0.39, 0.29) is 40.8 Å². The number of hydrogen-bond acceptors (Lipinski definition) is 4. The average Bonchev–Trinajstić information content (AvgIpc) is 2.41. The molecule has 1 amide bonds. The molecule has 0 saturated heterocycles. The molecule has 1 aromatic carbocycles. The van der Waals surface area contributed by atoms with Gasteiger partial charge >= 0.3 is 29.6 Å². The first-order valence-electron chi connectivity index (χ1n) is 3.87. The second-order valence-electron chi connectivity index (χ2n) is 2.97. The molecule has 0 radical (unpaired) electrons. The Balaban J connectivity index is 0.00000128. The maximum atomic E-state index is 11.2. The van der Waals surface area contributed by atoms with E-state index in [0.29, 0.717) is 0 Å². The van der Waals surface area contributed by atoms with Crippen molar-refractivity contribution in [2.75, 3.05) is 5.32 Å². The van der Waals surface area contributed by atoms with Gasteiger partial charge in [0.1, 0.15) is 0 Å². The first-order valence-corrected chi connectivity index (χ1v) is 5.31. The second kappa shape index (κ2) is 4.27. The summed E-state index contributed by atoms with van der Waals surface area (Å²) >= 11 is 0. The molecule has 2 rings (SSSR count). The fourth-order valence-corrected chi connectivity index (χ4v) is 1.79. The van der Waals surface area contributed by atoms with Gasteiger partial charge in [-0.15, -0.1) is 0 Å². The van der Waals surface area contributed by atoms with Crippen molar-refractivity contribution in [3.63, 3.8) is 0 Å². The molecule has 0 aliphatic carbocycles. The van der Waals surface area contributed by atoms with Crippen molar-refractivity contribution in [3.05, 3.63) is 23.8 Å². The monoisotopic (exact) mass is 251 g/mol. The van der Waals surface area contributed by atoms with Crippen LogP contribution in [0.1, 0.15) is 10.4 Å². The van der Waals surface area contributed by atoms with E-state index >= 15 is 0 Å². The van der Waals surface area contributed by atoms with Gasteiger partial charge in [0.25, 0.3) is 21.8 Å². The summed E-state index contributed by atoms with van der Waals surface area (Å²) in [6, 6.07) is 3.32. The Morgan fingerprint density at radius 3 is 2.38 bits per heavy atom. The fourth-order valence-electron chi connectivity index (χ4n) is 1.28. The van der Waals surface area contributed by atoms with Crippen LogP contribution in [0.2, 0.25) is 0 Å². The van der Waals surface area contributed by atoms with Crippen LogP contribution in [0.4, 0.5) is 5.69 Å².